The average Bonchev–Trinajstić information content (AvgIpc) is 2.07. The van der Waals surface area contributed by atoms with E-state index in [9.17, 15) is 4.79 Å². The summed E-state index contributed by atoms with van der Waals surface area (Å²) in [7, 11) is 0. The standard InChI is InChI=1S/C8H11NO2/c10-7-11-6-3-8-1-4-9-5-2-8/h1,5,7H,2-4,6H2. The second-order valence-corrected chi connectivity index (χ2v) is 2.33. The minimum absolute atomic E-state index is 0.484. The molecule has 0 aromatic heterocycles. The Hall–Kier alpha value is -1.12. The fraction of sp³-hybridized carbons (Fsp3) is 0.500. The van der Waals surface area contributed by atoms with E-state index in [0.29, 0.717) is 13.1 Å². The van der Waals surface area contributed by atoms with Gasteiger partial charge in [0.05, 0.1) is 13.2 Å². The van der Waals surface area contributed by atoms with Crippen molar-refractivity contribution in [3.63, 3.8) is 0 Å². The van der Waals surface area contributed by atoms with Gasteiger partial charge < -0.3 is 4.74 Å². The summed E-state index contributed by atoms with van der Waals surface area (Å²) < 4.78 is 4.57. The number of carbonyl (C=O) groups excluding carboxylic acids is 1. The molecule has 60 valence electrons. The summed E-state index contributed by atoms with van der Waals surface area (Å²) in [5, 5.41) is 0. The summed E-state index contributed by atoms with van der Waals surface area (Å²) in [6, 6.07) is 0. The van der Waals surface area contributed by atoms with Gasteiger partial charge in [0, 0.05) is 19.1 Å². The molecule has 0 spiro atoms. The normalized spacial score (nSPS) is 15.8. The Morgan fingerprint density at radius 2 is 2.64 bits per heavy atom. The number of carbonyl (C=O) groups is 1. The van der Waals surface area contributed by atoms with E-state index < -0.39 is 0 Å². The molecular weight excluding hydrogens is 142 g/mol. The highest BCUT2D eigenvalue weighted by Gasteiger charge is 1.98. The molecule has 0 unspecified atom stereocenters. The van der Waals surface area contributed by atoms with Crippen molar-refractivity contribution in [1.82, 2.24) is 0 Å². The molecular formula is C8H11NO2. The van der Waals surface area contributed by atoms with E-state index in [4.69, 9.17) is 0 Å². The second kappa shape index (κ2) is 4.66. The van der Waals surface area contributed by atoms with Crippen LogP contribution in [0.15, 0.2) is 16.6 Å². The van der Waals surface area contributed by atoms with E-state index in [0.717, 1.165) is 19.4 Å². The molecule has 0 radical (unpaired) electrons. The Labute approximate surface area is 65.8 Å². The Morgan fingerprint density at radius 1 is 1.73 bits per heavy atom. The third-order valence-corrected chi connectivity index (χ3v) is 1.58. The van der Waals surface area contributed by atoms with E-state index in [2.05, 4.69) is 15.8 Å². The molecule has 1 heterocycles. The first-order valence-electron chi connectivity index (χ1n) is 3.65. The lowest BCUT2D eigenvalue weighted by Crippen LogP contribution is -1.99. The van der Waals surface area contributed by atoms with Gasteiger partial charge in [0.2, 0.25) is 0 Å². The first kappa shape index (κ1) is 7.98. The number of nitrogens with zero attached hydrogens (tertiary/aromatic N) is 1. The summed E-state index contributed by atoms with van der Waals surface area (Å²) in [6.07, 6.45) is 5.72. The van der Waals surface area contributed by atoms with Gasteiger partial charge in [-0.1, -0.05) is 11.6 Å². The number of hydrogen-bond donors (Lipinski definition) is 0. The zero-order valence-corrected chi connectivity index (χ0v) is 6.32. The Bertz CT molecular complexity index is 185. The van der Waals surface area contributed by atoms with Crippen LogP contribution >= 0.6 is 0 Å². The Balaban J connectivity index is 2.15. The van der Waals surface area contributed by atoms with Crippen LogP contribution in [0, 0.1) is 0 Å². The third kappa shape index (κ3) is 2.98. The van der Waals surface area contributed by atoms with Crippen LogP contribution in [0.25, 0.3) is 0 Å². The highest BCUT2D eigenvalue weighted by molar-refractivity contribution is 5.62. The number of hydrogen-bond acceptors (Lipinski definition) is 3. The zero-order chi connectivity index (χ0) is 7.94. The highest BCUT2D eigenvalue weighted by Crippen LogP contribution is 2.08. The van der Waals surface area contributed by atoms with Crippen molar-refractivity contribution in [2.75, 3.05) is 13.2 Å². The molecule has 0 aromatic rings. The molecule has 3 nitrogen and oxygen atoms in total. The number of rotatable bonds is 4. The fourth-order valence-corrected chi connectivity index (χ4v) is 0.964. The van der Waals surface area contributed by atoms with Crippen molar-refractivity contribution < 1.29 is 9.53 Å². The first-order chi connectivity index (χ1) is 5.43. The molecule has 0 bridgehead atoms. The molecule has 0 saturated carbocycles. The summed E-state index contributed by atoms with van der Waals surface area (Å²) in [6.45, 7) is 1.75. The van der Waals surface area contributed by atoms with Gasteiger partial charge in [0.1, 0.15) is 0 Å². The van der Waals surface area contributed by atoms with Gasteiger partial charge in [0.25, 0.3) is 6.47 Å². The van der Waals surface area contributed by atoms with E-state index in [-0.39, 0.29) is 0 Å². The molecule has 0 fully saturated rings. The van der Waals surface area contributed by atoms with Crippen molar-refractivity contribution in [1.29, 1.82) is 0 Å². The first-order valence-corrected chi connectivity index (χ1v) is 3.65. The van der Waals surface area contributed by atoms with Crippen molar-refractivity contribution in [3.05, 3.63) is 11.6 Å². The van der Waals surface area contributed by atoms with Crippen LogP contribution in [0.2, 0.25) is 0 Å². The fourth-order valence-electron chi connectivity index (χ4n) is 0.964. The molecule has 1 aliphatic heterocycles. The van der Waals surface area contributed by atoms with Gasteiger partial charge in [0.15, 0.2) is 0 Å². The number of aliphatic imine (C=N–C) groups is 1. The molecule has 0 atom stereocenters. The SMILES string of the molecule is O=COCCC1=CCN=CC1. The van der Waals surface area contributed by atoms with Gasteiger partial charge in [-0.25, -0.2) is 0 Å². The predicted molar refractivity (Wildman–Crippen MR) is 42.7 cm³/mol. The van der Waals surface area contributed by atoms with Crippen LogP contribution < -0.4 is 0 Å². The molecule has 0 N–H and O–H groups in total. The predicted octanol–water partition coefficient (Wildman–Crippen LogP) is 0.950. The lowest BCUT2D eigenvalue weighted by molar-refractivity contribution is -0.128. The van der Waals surface area contributed by atoms with E-state index in [1.165, 1.54) is 5.57 Å². The van der Waals surface area contributed by atoms with Gasteiger partial charge in [-0.15, -0.1) is 0 Å². The maximum absolute atomic E-state index is 9.78. The van der Waals surface area contributed by atoms with E-state index in [1.807, 2.05) is 6.21 Å². The van der Waals surface area contributed by atoms with E-state index in [1.54, 1.807) is 0 Å². The molecule has 3 heteroatoms. The lowest BCUT2D eigenvalue weighted by atomic mass is 10.1. The average molecular weight is 153 g/mol. The van der Waals surface area contributed by atoms with Crippen LogP contribution in [0.1, 0.15) is 12.8 Å². The van der Waals surface area contributed by atoms with Crippen molar-refractivity contribution in [3.8, 4) is 0 Å². The lowest BCUT2D eigenvalue weighted by Gasteiger charge is -2.06. The Morgan fingerprint density at radius 3 is 3.27 bits per heavy atom. The van der Waals surface area contributed by atoms with Crippen LogP contribution in [0.5, 0.6) is 0 Å². The van der Waals surface area contributed by atoms with Gasteiger partial charge in [-0.3, -0.25) is 9.79 Å². The molecule has 1 aliphatic rings. The summed E-state index contributed by atoms with van der Waals surface area (Å²) in [4.78, 5) is 13.8. The molecule has 0 amide bonds. The van der Waals surface area contributed by atoms with Gasteiger partial charge >= 0.3 is 0 Å². The minimum Gasteiger partial charge on any atom is -0.468 e. The third-order valence-electron chi connectivity index (χ3n) is 1.58. The van der Waals surface area contributed by atoms with Crippen molar-refractivity contribution in [2.24, 2.45) is 4.99 Å². The van der Waals surface area contributed by atoms with Crippen LogP contribution in [-0.4, -0.2) is 25.8 Å². The molecule has 0 saturated heterocycles. The molecule has 0 aliphatic carbocycles. The van der Waals surface area contributed by atoms with Crippen LogP contribution in [0.4, 0.5) is 0 Å². The number of ether oxygens (including phenoxy) is 1. The second-order valence-electron chi connectivity index (χ2n) is 2.33. The van der Waals surface area contributed by atoms with Gasteiger partial charge in [-0.2, -0.15) is 0 Å². The quantitative estimate of drug-likeness (QED) is 0.342. The number of dihydropyridines is 1. The Kier molecular flexibility index (Phi) is 3.38. The molecule has 11 heavy (non-hydrogen) atoms. The topological polar surface area (TPSA) is 38.7 Å². The van der Waals surface area contributed by atoms with Crippen LogP contribution in [0.3, 0.4) is 0 Å². The van der Waals surface area contributed by atoms with Gasteiger partial charge in [-0.05, 0) is 0 Å². The molecule has 1 rings (SSSR count). The maximum atomic E-state index is 9.78. The largest absolute Gasteiger partial charge is 0.468 e. The monoisotopic (exact) mass is 153 g/mol. The van der Waals surface area contributed by atoms with Crippen molar-refractivity contribution >= 4 is 12.7 Å². The summed E-state index contributed by atoms with van der Waals surface area (Å²) in [5.41, 5.74) is 1.31. The highest BCUT2D eigenvalue weighted by atomic mass is 16.5. The summed E-state index contributed by atoms with van der Waals surface area (Å²) in [5.74, 6) is 0. The van der Waals surface area contributed by atoms with Crippen LogP contribution in [-0.2, 0) is 9.53 Å². The zero-order valence-electron chi connectivity index (χ0n) is 6.32. The van der Waals surface area contributed by atoms with Crippen molar-refractivity contribution in [2.45, 2.75) is 12.8 Å². The van der Waals surface area contributed by atoms with E-state index >= 15 is 0 Å². The minimum atomic E-state index is 0.484. The summed E-state index contributed by atoms with van der Waals surface area (Å²) >= 11 is 0. The smallest absolute Gasteiger partial charge is 0.293 e. The maximum Gasteiger partial charge on any atom is 0.293 e. The molecule has 0 aromatic carbocycles.